The highest BCUT2D eigenvalue weighted by Crippen LogP contribution is 2.19. The minimum Gasteiger partial charge on any atom is -0.339 e. The van der Waals surface area contributed by atoms with Gasteiger partial charge in [-0.15, -0.1) is 0 Å². The number of carbonyl (C=O) groups excluding carboxylic acids is 2. The van der Waals surface area contributed by atoms with E-state index in [0.717, 1.165) is 10.7 Å². The molecule has 0 aliphatic heterocycles. The maximum absolute atomic E-state index is 12.4. The van der Waals surface area contributed by atoms with E-state index in [9.17, 15) is 9.59 Å². The summed E-state index contributed by atoms with van der Waals surface area (Å²) in [6.45, 7) is 5.20. The van der Waals surface area contributed by atoms with Crippen LogP contribution in [0.15, 0.2) is 60.0 Å². The molecule has 0 fully saturated rings. The van der Waals surface area contributed by atoms with Gasteiger partial charge in [-0.05, 0) is 44.2 Å². The number of hydrogen-bond donors (Lipinski definition) is 1. The average Bonchev–Trinajstić information content (AvgIpc) is 3.10. The van der Waals surface area contributed by atoms with E-state index in [1.807, 2.05) is 42.6 Å². The summed E-state index contributed by atoms with van der Waals surface area (Å²) in [7, 11) is 0. The standard InChI is InChI=1S/C20H22N4O2S/c1-3-23(4-2)19(26)15-8-7-9-16(12-15)22-18(25)14-27-20-21-13-17-10-5-6-11-24(17)20/h5-13H,3-4,14H2,1-2H3,(H,22,25). The molecule has 3 rings (SSSR count). The number of carbonyl (C=O) groups is 2. The number of thioether (sulfide) groups is 1. The van der Waals surface area contributed by atoms with Crippen molar-refractivity contribution in [2.75, 3.05) is 24.2 Å². The number of nitrogens with zero attached hydrogens (tertiary/aromatic N) is 3. The number of rotatable bonds is 7. The summed E-state index contributed by atoms with van der Waals surface area (Å²) in [4.78, 5) is 30.9. The van der Waals surface area contributed by atoms with Crippen molar-refractivity contribution in [1.29, 1.82) is 0 Å². The van der Waals surface area contributed by atoms with Crippen LogP contribution in [-0.4, -0.2) is 44.9 Å². The number of imidazole rings is 1. The number of nitrogens with one attached hydrogen (secondary N) is 1. The largest absolute Gasteiger partial charge is 0.339 e. The Bertz CT molecular complexity index is 950. The molecule has 6 nitrogen and oxygen atoms in total. The molecule has 0 spiro atoms. The van der Waals surface area contributed by atoms with E-state index in [2.05, 4.69) is 10.3 Å². The number of aromatic nitrogens is 2. The van der Waals surface area contributed by atoms with E-state index in [4.69, 9.17) is 0 Å². The molecule has 1 N–H and O–H groups in total. The quantitative estimate of drug-likeness (QED) is 0.635. The zero-order valence-corrected chi connectivity index (χ0v) is 16.2. The van der Waals surface area contributed by atoms with Gasteiger partial charge in [-0.1, -0.05) is 23.9 Å². The fourth-order valence-electron chi connectivity index (χ4n) is 2.78. The lowest BCUT2D eigenvalue weighted by Gasteiger charge is -2.19. The molecule has 140 valence electrons. The van der Waals surface area contributed by atoms with Crippen molar-refractivity contribution in [3.05, 3.63) is 60.4 Å². The summed E-state index contributed by atoms with van der Waals surface area (Å²) in [5.74, 6) is 0.0665. The Morgan fingerprint density at radius 2 is 1.96 bits per heavy atom. The van der Waals surface area contributed by atoms with Crippen LogP contribution in [-0.2, 0) is 4.79 Å². The Morgan fingerprint density at radius 1 is 1.15 bits per heavy atom. The first-order chi connectivity index (χ1) is 13.1. The Kier molecular flexibility index (Phi) is 6.13. The summed E-state index contributed by atoms with van der Waals surface area (Å²) < 4.78 is 1.95. The van der Waals surface area contributed by atoms with E-state index >= 15 is 0 Å². The van der Waals surface area contributed by atoms with Gasteiger partial charge >= 0.3 is 0 Å². The third kappa shape index (κ3) is 4.49. The lowest BCUT2D eigenvalue weighted by molar-refractivity contribution is -0.113. The van der Waals surface area contributed by atoms with Gasteiger partial charge < -0.3 is 10.2 Å². The highest BCUT2D eigenvalue weighted by Gasteiger charge is 2.13. The lowest BCUT2D eigenvalue weighted by atomic mass is 10.1. The monoisotopic (exact) mass is 382 g/mol. The molecule has 0 bridgehead atoms. The van der Waals surface area contributed by atoms with Crippen molar-refractivity contribution in [3.63, 3.8) is 0 Å². The predicted molar refractivity (Wildman–Crippen MR) is 108 cm³/mol. The first kappa shape index (κ1) is 19.0. The second-order valence-electron chi connectivity index (χ2n) is 5.93. The minimum absolute atomic E-state index is 0.0330. The van der Waals surface area contributed by atoms with Crippen molar-refractivity contribution >= 4 is 34.8 Å². The second kappa shape index (κ2) is 8.73. The molecule has 0 saturated carbocycles. The molecule has 2 amide bonds. The number of hydrogen-bond acceptors (Lipinski definition) is 4. The van der Waals surface area contributed by atoms with E-state index in [1.54, 1.807) is 35.4 Å². The molecule has 2 aromatic heterocycles. The maximum atomic E-state index is 12.4. The molecular formula is C20H22N4O2S. The van der Waals surface area contributed by atoms with E-state index < -0.39 is 0 Å². The van der Waals surface area contributed by atoms with Gasteiger partial charge in [0.1, 0.15) is 0 Å². The Balaban J connectivity index is 1.62. The van der Waals surface area contributed by atoms with Crippen molar-refractivity contribution in [1.82, 2.24) is 14.3 Å². The van der Waals surface area contributed by atoms with Gasteiger partial charge in [0.25, 0.3) is 5.91 Å². The molecule has 0 saturated heterocycles. The third-order valence-corrected chi connectivity index (χ3v) is 5.15. The van der Waals surface area contributed by atoms with E-state index in [0.29, 0.717) is 24.3 Å². The molecule has 7 heteroatoms. The lowest BCUT2D eigenvalue weighted by Crippen LogP contribution is -2.30. The molecule has 0 aliphatic carbocycles. The molecule has 0 unspecified atom stereocenters. The molecule has 0 radical (unpaired) electrons. The average molecular weight is 382 g/mol. The molecule has 0 aliphatic rings. The van der Waals surface area contributed by atoms with Crippen LogP contribution in [0, 0.1) is 0 Å². The van der Waals surface area contributed by atoms with Gasteiger partial charge in [0.15, 0.2) is 5.16 Å². The highest BCUT2D eigenvalue weighted by atomic mass is 32.2. The molecule has 2 heterocycles. The van der Waals surface area contributed by atoms with Crippen LogP contribution in [0.3, 0.4) is 0 Å². The van der Waals surface area contributed by atoms with Crippen molar-refractivity contribution in [3.8, 4) is 0 Å². The number of benzene rings is 1. The van der Waals surface area contributed by atoms with Gasteiger partial charge in [-0.2, -0.15) is 0 Å². The van der Waals surface area contributed by atoms with E-state index in [1.165, 1.54) is 11.8 Å². The predicted octanol–water partition coefficient (Wildman–Crippen LogP) is 3.55. The normalized spacial score (nSPS) is 10.7. The van der Waals surface area contributed by atoms with Crippen LogP contribution in [0.1, 0.15) is 24.2 Å². The first-order valence-electron chi connectivity index (χ1n) is 8.86. The summed E-state index contributed by atoms with van der Waals surface area (Å²) in [6.07, 6.45) is 3.70. The van der Waals surface area contributed by atoms with Gasteiger partial charge in [0, 0.05) is 30.5 Å². The smallest absolute Gasteiger partial charge is 0.253 e. The van der Waals surface area contributed by atoms with Gasteiger partial charge in [-0.3, -0.25) is 14.0 Å². The fraction of sp³-hybridized carbons (Fsp3) is 0.250. The second-order valence-corrected chi connectivity index (χ2v) is 6.87. The van der Waals surface area contributed by atoms with Crippen LogP contribution >= 0.6 is 11.8 Å². The van der Waals surface area contributed by atoms with Crippen molar-refractivity contribution in [2.45, 2.75) is 19.0 Å². The summed E-state index contributed by atoms with van der Waals surface area (Å²) in [6, 6.07) is 12.9. The number of anilines is 1. The van der Waals surface area contributed by atoms with Crippen LogP contribution in [0.2, 0.25) is 0 Å². The van der Waals surface area contributed by atoms with Crippen LogP contribution in [0.5, 0.6) is 0 Å². The highest BCUT2D eigenvalue weighted by molar-refractivity contribution is 7.99. The molecule has 27 heavy (non-hydrogen) atoms. The Labute approximate surface area is 162 Å². The van der Waals surface area contributed by atoms with Gasteiger partial charge in [0.2, 0.25) is 5.91 Å². The van der Waals surface area contributed by atoms with Crippen LogP contribution < -0.4 is 5.32 Å². The van der Waals surface area contributed by atoms with E-state index in [-0.39, 0.29) is 17.6 Å². The van der Waals surface area contributed by atoms with Crippen molar-refractivity contribution in [2.24, 2.45) is 0 Å². The molecule has 3 aromatic rings. The first-order valence-corrected chi connectivity index (χ1v) is 9.85. The summed E-state index contributed by atoms with van der Waals surface area (Å²) >= 11 is 1.37. The fourth-order valence-corrected chi connectivity index (χ4v) is 3.54. The zero-order valence-electron chi connectivity index (χ0n) is 15.4. The van der Waals surface area contributed by atoms with Gasteiger partial charge in [0.05, 0.1) is 17.5 Å². The van der Waals surface area contributed by atoms with Crippen molar-refractivity contribution < 1.29 is 9.59 Å². The number of pyridine rings is 1. The maximum Gasteiger partial charge on any atom is 0.253 e. The Morgan fingerprint density at radius 3 is 2.74 bits per heavy atom. The molecule has 1 aromatic carbocycles. The zero-order chi connectivity index (χ0) is 19.2. The summed E-state index contributed by atoms with van der Waals surface area (Å²) in [5.41, 5.74) is 2.18. The number of amides is 2. The van der Waals surface area contributed by atoms with Crippen LogP contribution in [0.25, 0.3) is 5.52 Å². The molecule has 0 atom stereocenters. The minimum atomic E-state index is -0.139. The van der Waals surface area contributed by atoms with Crippen LogP contribution in [0.4, 0.5) is 5.69 Å². The topological polar surface area (TPSA) is 66.7 Å². The number of fused-ring (bicyclic) bond motifs is 1. The summed E-state index contributed by atoms with van der Waals surface area (Å²) in [5, 5.41) is 3.62. The van der Waals surface area contributed by atoms with Gasteiger partial charge in [-0.25, -0.2) is 4.98 Å². The third-order valence-electron chi connectivity index (χ3n) is 4.18. The molecular weight excluding hydrogens is 360 g/mol. The Hall–Kier alpha value is -2.80. The SMILES string of the molecule is CCN(CC)C(=O)c1cccc(NC(=O)CSc2ncc3ccccn23)c1.